The summed E-state index contributed by atoms with van der Waals surface area (Å²) in [6, 6.07) is 7.44. The summed E-state index contributed by atoms with van der Waals surface area (Å²) < 4.78 is 6.81. The van der Waals surface area contributed by atoms with Crippen LogP contribution in [0.25, 0.3) is 11.0 Å². The summed E-state index contributed by atoms with van der Waals surface area (Å²) in [5.74, 6) is 1.33. The molecule has 0 saturated carbocycles. The van der Waals surface area contributed by atoms with Crippen LogP contribution < -0.4 is 5.73 Å². The molecule has 0 amide bonds. The van der Waals surface area contributed by atoms with E-state index in [0.717, 1.165) is 5.52 Å². The molecule has 0 aliphatic carbocycles. The van der Waals surface area contributed by atoms with Crippen molar-refractivity contribution in [3.8, 4) is 6.07 Å². The molecular weight excluding hydrogens is 244 g/mol. The molecule has 3 aromatic rings. The number of nitrogens with two attached hydrogens (primary N) is 1. The first-order valence-corrected chi connectivity index (χ1v) is 5.63. The van der Waals surface area contributed by atoms with Crippen LogP contribution in [0.1, 0.15) is 17.3 Å². The van der Waals surface area contributed by atoms with Gasteiger partial charge in [-0.05, 0) is 19.1 Å². The van der Waals surface area contributed by atoms with Gasteiger partial charge in [-0.1, -0.05) is 11.2 Å². The van der Waals surface area contributed by atoms with E-state index in [-0.39, 0.29) is 0 Å². The highest BCUT2D eigenvalue weighted by atomic mass is 16.5. The minimum absolute atomic E-state index is 0.313. The Morgan fingerprint density at radius 2 is 2.26 bits per heavy atom. The molecule has 0 atom stereocenters. The number of rotatable bonds is 2. The number of fused-ring (bicyclic) bond motifs is 1. The standard InChI is InChI=1S/C12H10N6O/c1-7-15-10(19-17-7)6-18-9-4-2-3-8(5-13)11(9)16-12(18)14/h2-4H,6H2,1H3,(H2,14,16). The predicted molar refractivity (Wildman–Crippen MR) is 67.0 cm³/mol. The number of nitriles is 1. The topological polar surface area (TPSA) is 107 Å². The first-order valence-electron chi connectivity index (χ1n) is 5.63. The van der Waals surface area contributed by atoms with Gasteiger partial charge in [0.15, 0.2) is 5.82 Å². The second-order valence-corrected chi connectivity index (χ2v) is 4.08. The molecule has 0 aliphatic rings. The first kappa shape index (κ1) is 11.2. The van der Waals surface area contributed by atoms with E-state index in [1.807, 2.05) is 6.07 Å². The minimum atomic E-state index is 0.313. The fourth-order valence-corrected chi connectivity index (χ4v) is 1.96. The quantitative estimate of drug-likeness (QED) is 0.737. The van der Waals surface area contributed by atoms with Crippen LogP contribution in [0.5, 0.6) is 0 Å². The molecule has 0 saturated heterocycles. The van der Waals surface area contributed by atoms with E-state index < -0.39 is 0 Å². The van der Waals surface area contributed by atoms with Crippen LogP contribution in [-0.4, -0.2) is 19.7 Å². The lowest BCUT2D eigenvalue weighted by atomic mass is 10.2. The van der Waals surface area contributed by atoms with Crippen molar-refractivity contribution in [1.29, 1.82) is 5.26 Å². The number of hydrogen-bond donors (Lipinski definition) is 1. The van der Waals surface area contributed by atoms with Crippen molar-refractivity contribution in [2.45, 2.75) is 13.5 Å². The van der Waals surface area contributed by atoms with Gasteiger partial charge < -0.3 is 14.8 Å². The lowest BCUT2D eigenvalue weighted by molar-refractivity contribution is 0.369. The summed E-state index contributed by atoms with van der Waals surface area (Å²) in [6.07, 6.45) is 0. The van der Waals surface area contributed by atoms with Crippen LogP contribution in [0.15, 0.2) is 22.7 Å². The Labute approximate surface area is 108 Å². The van der Waals surface area contributed by atoms with Gasteiger partial charge in [0.05, 0.1) is 11.1 Å². The van der Waals surface area contributed by atoms with Crippen LogP contribution in [0.4, 0.5) is 5.95 Å². The normalized spacial score (nSPS) is 10.7. The smallest absolute Gasteiger partial charge is 0.246 e. The van der Waals surface area contributed by atoms with E-state index in [4.69, 9.17) is 15.5 Å². The molecule has 0 bridgehead atoms. The highest BCUT2D eigenvalue weighted by Crippen LogP contribution is 2.21. The number of imidazole rings is 1. The van der Waals surface area contributed by atoms with E-state index in [1.165, 1.54) is 0 Å². The zero-order valence-corrected chi connectivity index (χ0v) is 10.2. The number of nitrogen functional groups attached to an aromatic ring is 1. The summed E-state index contributed by atoms with van der Waals surface area (Å²) in [5.41, 5.74) is 7.73. The molecule has 7 nitrogen and oxygen atoms in total. The monoisotopic (exact) mass is 254 g/mol. The van der Waals surface area contributed by atoms with Crippen LogP contribution >= 0.6 is 0 Å². The van der Waals surface area contributed by atoms with E-state index in [1.54, 1.807) is 23.6 Å². The third-order valence-corrected chi connectivity index (χ3v) is 2.79. The number of anilines is 1. The summed E-state index contributed by atoms with van der Waals surface area (Å²) in [7, 11) is 0. The molecule has 2 N–H and O–H groups in total. The lowest BCUT2D eigenvalue weighted by Gasteiger charge is -2.02. The van der Waals surface area contributed by atoms with Gasteiger partial charge in [-0.15, -0.1) is 0 Å². The molecule has 2 heterocycles. The Bertz CT molecular complexity index is 794. The van der Waals surface area contributed by atoms with E-state index >= 15 is 0 Å². The summed E-state index contributed by atoms with van der Waals surface area (Å²) >= 11 is 0. The van der Waals surface area contributed by atoms with Crippen molar-refractivity contribution in [2.75, 3.05) is 5.73 Å². The number of aromatic nitrogens is 4. The Hall–Kier alpha value is -2.88. The molecule has 0 spiro atoms. The summed E-state index contributed by atoms with van der Waals surface area (Å²) in [5, 5.41) is 12.8. The number of para-hydroxylation sites is 1. The van der Waals surface area contributed by atoms with Gasteiger partial charge in [-0.25, -0.2) is 4.98 Å². The van der Waals surface area contributed by atoms with Gasteiger partial charge in [-0.3, -0.25) is 0 Å². The van der Waals surface area contributed by atoms with E-state index in [9.17, 15) is 0 Å². The summed E-state index contributed by atoms with van der Waals surface area (Å²) in [6.45, 7) is 2.08. The van der Waals surface area contributed by atoms with Crippen LogP contribution in [0, 0.1) is 18.3 Å². The van der Waals surface area contributed by atoms with Gasteiger partial charge in [0.1, 0.15) is 18.1 Å². The third-order valence-electron chi connectivity index (χ3n) is 2.79. The van der Waals surface area contributed by atoms with Crippen molar-refractivity contribution >= 4 is 17.0 Å². The Balaban J connectivity index is 2.14. The molecule has 19 heavy (non-hydrogen) atoms. The zero-order chi connectivity index (χ0) is 13.4. The van der Waals surface area contributed by atoms with Gasteiger partial charge in [0, 0.05) is 0 Å². The van der Waals surface area contributed by atoms with Crippen LogP contribution in [0.3, 0.4) is 0 Å². The minimum Gasteiger partial charge on any atom is -0.369 e. The number of nitrogens with zero attached hydrogens (tertiary/aromatic N) is 5. The predicted octanol–water partition coefficient (Wildman–Crippen LogP) is 1.23. The maximum Gasteiger partial charge on any atom is 0.246 e. The zero-order valence-electron chi connectivity index (χ0n) is 10.2. The van der Waals surface area contributed by atoms with E-state index in [2.05, 4.69) is 21.2 Å². The Kier molecular flexibility index (Phi) is 2.42. The average Bonchev–Trinajstić information content (AvgIpc) is 2.94. The Morgan fingerprint density at radius 1 is 1.42 bits per heavy atom. The molecule has 2 aromatic heterocycles. The molecular formula is C12H10N6O. The highest BCUT2D eigenvalue weighted by Gasteiger charge is 2.13. The summed E-state index contributed by atoms with van der Waals surface area (Å²) in [4.78, 5) is 8.34. The van der Waals surface area contributed by atoms with Crippen molar-refractivity contribution in [2.24, 2.45) is 0 Å². The molecule has 0 fully saturated rings. The van der Waals surface area contributed by atoms with Crippen molar-refractivity contribution in [3.05, 3.63) is 35.5 Å². The number of aryl methyl sites for hydroxylation is 1. The molecule has 3 rings (SSSR count). The highest BCUT2D eigenvalue weighted by molar-refractivity contribution is 5.84. The SMILES string of the molecule is Cc1noc(Cn2c(N)nc3c(C#N)cccc32)n1. The van der Waals surface area contributed by atoms with E-state index in [0.29, 0.717) is 35.3 Å². The van der Waals surface area contributed by atoms with Crippen LogP contribution in [0.2, 0.25) is 0 Å². The fraction of sp³-hybridized carbons (Fsp3) is 0.167. The van der Waals surface area contributed by atoms with Crippen molar-refractivity contribution in [1.82, 2.24) is 19.7 Å². The number of benzene rings is 1. The molecule has 0 unspecified atom stereocenters. The molecule has 94 valence electrons. The number of hydrogen-bond acceptors (Lipinski definition) is 6. The average molecular weight is 254 g/mol. The van der Waals surface area contributed by atoms with Gasteiger partial charge in [0.2, 0.25) is 11.8 Å². The second kappa shape index (κ2) is 4.10. The fourth-order valence-electron chi connectivity index (χ4n) is 1.96. The van der Waals surface area contributed by atoms with Gasteiger partial charge in [0.25, 0.3) is 0 Å². The maximum atomic E-state index is 9.05. The molecule has 0 aliphatic heterocycles. The largest absolute Gasteiger partial charge is 0.369 e. The van der Waals surface area contributed by atoms with Gasteiger partial charge in [-0.2, -0.15) is 10.2 Å². The Morgan fingerprint density at radius 3 is 2.95 bits per heavy atom. The van der Waals surface area contributed by atoms with Crippen molar-refractivity contribution < 1.29 is 4.52 Å². The lowest BCUT2D eigenvalue weighted by Crippen LogP contribution is -2.04. The molecule has 1 aromatic carbocycles. The molecule has 0 radical (unpaired) electrons. The second-order valence-electron chi connectivity index (χ2n) is 4.08. The maximum absolute atomic E-state index is 9.05. The third kappa shape index (κ3) is 1.79. The van der Waals surface area contributed by atoms with Crippen LogP contribution in [-0.2, 0) is 6.54 Å². The van der Waals surface area contributed by atoms with Gasteiger partial charge >= 0.3 is 0 Å². The van der Waals surface area contributed by atoms with Crippen molar-refractivity contribution in [3.63, 3.8) is 0 Å². The first-order chi connectivity index (χ1) is 9.19. The molecule has 7 heteroatoms.